The molecule has 0 heterocycles. The topological polar surface area (TPSA) is 3.24 Å². The number of hydrogen-bond acceptors (Lipinski definition) is 1. The number of benzene rings is 3. The van der Waals surface area contributed by atoms with E-state index in [2.05, 4.69) is 133 Å². The van der Waals surface area contributed by atoms with Gasteiger partial charge in [0.15, 0.2) is 0 Å². The van der Waals surface area contributed by atoms with E-state index in [0.29, 0.717) is 11.8 Å². The minimum absolute atomic E-state index is 0.449. The van der Waals surface area contributed by atoms with E-state index in [0.717, 1.165) is 19.3 Å². The van der Waals surface area contributed by atoms with Gasteiger partial charge in [0.05, 0.1) is 0 Å². The zero-order valence-corrected chi connectivity index (χ0v) is 23.1. The number of fused-ring (bicyclic) bond motifs is 2. The fourth-order valence-electron chi connectivity index (χ4n) is 6.41. The van der Waals surface area contributed by atoms with Crippen LogP contribution in [0.5, 0.6) is 0 Å². The quantitative estimate of drug-likeness (QED) is 0.259. The summed E-state index contributed by atoms with van der Waals surface area (Å²) >= 11 is 0. The van der Waals surface area contributed by atoms with Crippen molar-refractivity contribution in [1.29, 1.82) is 0 Å². The summed E-state index contributed by atoms with van der Waals surface area (Å²) in [7, 11) is 0. The number of hydrogen-bond donors (Lipinski definition) is 0. The first kappa shape index (κ1) is 25.4. The Hall–Kier alpha value is -3.84. The van der Waals surface area contributed by atoms with Crippen LogP contribution in [0.3, 0.4) is 0 Å². The molecule has 1 nitrogen and oxygen atoms in total. The van der Waals surface area contributed by atoms with E-state index in [1.54, 1.807) is 5.57 Å². The van der Waals surface area contributed by atoms with Gasteiger partial charge in [0.1, 0.15) is 0 Å². The summed E-state index contributed by atoms with van der Waals surface area (Å²) in [5.41, 5.74) is 11.1. The number of para-hydroxylation sites is 1. The molecule has 6 rings (SSSR count). The summed E-state index contributed by atoms with van der Waals surface area (Å²) in [6.45, 7) is 2.31. The van der Waals surface area contributed by atoms with Crippen LogP contribution in [0.1, 0.15) is 74.5 Å². The summed E-state index contributed by atoms with van der Waals surface area (Å²) in [6, 6.07) is 28.8. The summed E-state index contributed by atoms with van der Waals surface area (Å²) < 4.78 is 0. The molecule has 2 atom stereocenters. The molecule has 3 aliphatic carbocycles. The van der Waals surface area contributed by atoms with Gasteiger partial charge in [-0.25, -0.2) is 0 Å². The van der Waals surface area contributed by atoms with Crippen LogP contribution in [0.25, 0.3) is 11.6 Å². The average Bonchev–Trinajstić information content (AvgIpc) is 3.30. The second kappa shape index (κ2) is 11.9. The average molecular weight is 510 g/mol. The largest absolute Gasteiger partial charge is 0.311 e. The standard InChI is InChI=1S/C38H39N/c1-2-3-7-20-34-37-27-30(22-21-29-14-8-4-9-15-29)23-25-35(37)36-26-24-33(28-38(34)36)39(31-16-10-5-11-17-31)32-18-12-6-13-19-32/h4-5,8-12,14-19,21-26,28,30,34H,2-3,6-7,13,20,27H2,1H3/b22-21-. The summed E-state index contributed by atoms with van der Waals surface area (Å²) in [6.07, 6.45) is 24.9. The lowest BCUT2D eigenvalue weighted by molar-refractivity contribution is 0.594. The van der Waals surface area contributed by atoms with Crippen molar-refractivity contribution in [2.24, 2.45) is 5.92 Å². The van der Waals surface area contributed by atoms with Gasteiger partial charge in [-0.2, -0.15) is 0 Å². The molecule has 0 N–H and O–H groups in total. The first-order chi connectivity index (χ1) is 19.3. The zero-order chi connectivity index (χ0) is 26.4. The molecule has 3 aliphatic rings. The van der Waals surface area contributed by atoms with Gasteiger partial charge in [-0.05, 0) is 84.2 Å². The van der Waals surface area contributed by atoms with Crippen LogP contribution in [0.2, 0.25) is 0 Å². The SMILES string of the molecule is CCCCCC1C2=C(C=CC(/C=C\c3ccccc3)C2)c2ccc(N(C3=CCCC=C3)c3ccccc3)cc21. The maximum Gasteiger partial charge on any atom is 0.0464 e. The molecule has 196 valence electrons. The highest BCUT2D eigenvalue weighted by molar-refractivity contribution is 5.87. The molecule has 0 fully saturated rings. The molecule has 39 heavy (non-hydrogen) atoms. The van der Waals surface area contributed by atoms with Gasteiger partial charge < -0.3 is 4.90 Å². The maximum atomic E-state index is 2.50. The van der Waals surface area contributed by atoms with Gasteiger partial charge in [0, 0.05) is 23.0 Å². The minimum Gasteiger partial charge on any atom is -0.311 e. The summed E-state index contributed by atoms with van der Waals surface area (Å²) in [4.78, 5) is 2.44. The van der Waals surface area contributed by atoms with Crippen molar-refractivity contribution in [3.05, 3.63) is 143 Å². The third-order valence-corrected chi connectivity index (χ3v) is 8.37. The molecule has 0 aliphatic heterocycles. The highest BCUT2D eigenvalue weighted by Crippen LogP contribution is 2.51. The molecule has 0 radical (unpaired) electrons. The molecule has 0 amide bonds. The summed E-state index contributed by atoms with van der Waals surface area (Å²) in [5, 5.41) is 0. The van der Waals surface area contributed by atoms with E-state index in [1.807, 2.05) is 0 Å². The predicted octanol–water partition coefficient (Wildman–Crippen LogP) is 10.8. The number of allylic oxidation sites excluding steroid dienone is 8. The van der Waals surface area contributed by atoms with Crippen LogP contribution in [-0.4, -0.2) is 0 Å². The molecular formula is C38H39N. The number of nitrogens with zero attached hydrogens (tertiary/aromatic N) is 1. The summed E-state index contributed by atoms with van der Waals surface area (Å²) in [5.74, 6) is 0.956. The third kappa shape index (κ3) is 5.50. The monoisotopic (exact) mass is 509 g/mol. The van der Waals surface area contributed by atoms with E-state index < -0.39 is 0 Å². The zero-order valence-electron chi connectivity index (χ0n) is 23.1. The molecule has 0 spiro atoms. The van der Waals surface area contributed by atoms with Gasteiger partial charge in [0.25, 0.3) is 0 Å². The lowest BCUT2D eigenvalue weighted by Gasteiger charge is -2.28. The Morgan fingerprint density at radius 3 is 2.44 bits per heavy atom. The van der Waals surface area contributed by atoms with Gasteiger partial charge in [-0.3, -0.25) is 0 Å². The Labute approximate surface area is 234 Å². The number of unbranched alkanes of at least 4 members (excludes halogenated alkanes) is 2. The van der Waals surface area contributed by atoms with Crippen molar-refractivity contribution in [1.82, 2.24) is 0 Å². The smallest absolute Gasteiger partial charge is 0.0464 e. The number of rotatable bonds is 9. The lowest BCUT2D eigenvalue weighted by Crippen LogP contribution is -2.16. The van der Waals surface area contributed by atoms with Crippen molar-refractivity contribution < 1.29 is 0 Å². The Balaban J connectivity index is 1.34. The molecule has 0 aromatic heterocycles. The van der Waals surface area contributed by atoms with Crippen LogP contribution in [0.4, 0.5) is 11.4 Å². The van der Waals surface area contributed by atoms with Crippen LogP contribution in [-0.2, 0) is 0 Å². The molecule has 3 aromatic rings. The first-order valence-corrected chi connectivity index (χ1v) is 14.8. The van der Waals surface area contributed by atoms with Crippen molar-refractivity contribution in [2.45, 2.75) is 57.8 Å². The van der Waals surface area contributed by atoms with Gasteiger partial charge >= 0.3 is 0 Å². The second-order valence-electron chi connectivity index (χ2n) is 11.0. The van der Waals surface area contributed by atoms with Crippen molar-refractivity contribution in [3.8, 4) is 0 Å². The van der Waals surface area contributed by atoms with Gasteiger partial charge in [-0.1, -0.05) is 123 Å². The Morgan fingerprint density at radius 1 is 0.846 bits per heavy atom. The fraction of sp³-hybridized carbons (Fsp3) is 0.263. The molecule has 0 saturated heterocycles. The van der Waals surface area contributed by atoms with E-state index in [9.17, 15) is 0 Å². The van der Waals surface area contributed by atoms with Gasteiger partial charge in [0.2, 0.25) is 0 Å². The Bertz CT molecular complexity index is 1430. The molecule has 2 unspecified atom stereocenters. The Kier molecular flexibility index (Phi) is 7.77. The normalized spacial score (nSPS) is 19.8. The lowest BCUT2D eigenvalue weighted by atomic mass is 9.82. The van der Waals surface area contributed by atoms with E-state index >= 15 is 0 Å². The van der Waals surface area contributed by atoms with Crippen molar-refractivity contribution in [3.63, 3.8) is 0 Å². The van der Waals surface area contributed by atoms with Crippen LogP contribution >= 0.6 is 0 Å². The Morgan fingerprint density at radius 2 is 1.67 bits per heavy atom. The minimum atomic E-state index is 0.449. The first-order valence-electron chi connectivity index (χ1n) is 14.8. The van der Waals surface area contributed by atoms with Crippen LogP contribution in [0.15, 0.2) is 127 Å². The highest BCUT2D eigenvalue weighted by atomic mass is 15.1. The van der Waals surface area contributed by atoms with E-state index in [-0.39, 0.29) is 0 Å². The molecule has 1 heteroatoms. The third-order valence-electron chi connectivity index (χ3n) is 8.37. The van der Waals surface area contributed by atoms with E-state index in [1.165, 1.54) is 65.0 Å². The molecular weight excluding hydrogens is 470 g/mol. The van der Waals surface area contributed by atoms with Crippen molar-refractivity contribution in [2.75, 3.05) is 4.90 Å². The highest BCUT2D eigenvalue weighted by Gasteiger charge is 2.33. The van der Waals surface area contributed by atoms with Gasteiger partial charge in [-0.15, -0.1) is 0 Å². The molecule has 3 aromatic carbocycles. The second-order valence-corrected chi connectivity index (χ2v) is 11.0. The fourth-order valence-corrected chi connectivity index (χ4v) is 6.41. The maximum absolute atomic E-state index is 2.50. The van der Waals surface area contributed by atoms with Crippen LogP contribution < -0.4 is 4.90 Å². The van der Waals surface area contributed by atoms with Crippen molar-refractivity contribution >= 4 is 23.0 Å². The molecule has 0 bridgehead atoms. The van der Waals surface area contributed by atoms with Crippen LogP contribution in [0, 0.1) is 5.92 Å². The predicted molar refractivity (Wildman–Crippen MR) is 168 cm³/mol. The van der Waals surface area contributed by atoms with E-state index in [4.69, 9.17) is 0 Å². The molecule has 0 saturated carbocycles. The number of anilines is 2.